The maximum Gasteiger partial charge on any atom is 0.258 e. The Labute approximate surface area is 113 Å². The topological polar surface area (TPSA) is 33.2 Å². The highest BCUT2D eigenvalue weighted by Crippen LogP contribution is 2.19. The fourth-order valence-electron chi connectivity index (χ4n) is 1.92. The van der Waals surface area contributed by atoms with Gasteiger partial charge in [0.15, 0.2) is 0 Å². The molecule has 2 aromatic rings. The van der Waals surface area contributed by atoms with E-state index in [-0.39, 0.29) is 5.91 Å². The standard InChI is InChI=1S/C16H18N2O/c1-11-5-6-15(9-12(11)2)18(4)16(19)14-7-8-17-13(3)10-14/h5-10H,1-4H3. The second kappa shape index (κ2) is 5.22. The number of pyridine rings is 1. The number of aryl methyl sites for hydroxylation is 3. The Bertz CT molecular complexity index is 620. The van der Waals surface area contributed by atoms with E-state index >= 15 is 0 Å². The van der Waals surface area contributed by atoms with Crippen molar-refractivity contribution < 1.29 is 4.79 Å². The molecule has 3 heteroatoms. The fourth-order valence-corrected chi connectivity index (χ4v) is 1.92. The minimum Gasteiger partial charge on any atom is -0.311 e. The molecular formula is C16H18N2O. The van der Waals surface area contributed by atoms with Crippen LogP contribution in [0.2, 0.25) is 0 Å². The molecule has 0 saturated carbocycles. The van der Waals surface area contributed by atoms with Crippen molar-refractivity contribution in [3.05, 3.63) is 58.9 Å². The van der Waals surface area contributed by atoms with E-state index in [0.717, 1.165) is 11.4 Å². The average molecular weight is 254 g/mol. The molecule has 0 aliphatic heterocycles. The molecular weight excluding hydrogens is 236 g/mol. The maximum absolute atomic E-state index is 12.4. The van der Waals surface area contributed by atoms with Crippen molar-refractivity contribution >= 4 is 11.6 Å². The molecule has 0 N–H and O–H groups in total. The highest BCUT2D eigenvalue weighted by atomic mass is 16.2. The second-order valence-electron chi connectivity index (χ2n) is 4.82. The van der Waals surface area contributed by atoms with Crippen LogP contribution in [0.25, 0.3) is 0 Å². The largest absolute Gasteiger partial charge is 0.311 e. The van der Waals surface area contributed by atoms with Crippen molar-refractivity contribution in [1.82, 2.24) is 4.98 Å². The molecule has 1 aromatic carbocycles. The lowest BCUT2D eigenvalue weighted by Gasteiger charge is -2.18. The SMILES string of the molecule is Cc1cc(C(=O)N(C)c2ccc(C)c(C)c2)ccn1. The summed E-state index contributed by atoms with van der Waals surface area (Å²) in [5, 5.41) is 0. The summed E-state index contributed by atoms with van der Waals surface area (Å²) in [4.78, 5) is 18.2. The maximum atomic E-state index is 12.4. The molecule has 1 amide bonds. The Morgan fingerprint density at radius 3 is 2.42 bits per heavy atom. The number of hydrogen-bond acceptors (Lipinski definition) is 2. The Hall–Kier alpha value is -2.16. The van der Waals surface area contributed by atoms with Crippen molar-refractivity contribution in [3.63, 3.8) is 0 Å². The van der Waals surface area contributed by atoms with Gasteiger partial charge in [-0.25, -0.2) is 0 Å². The van der Waals surface area contributed by atoms with Crippen molar-refractivity contribution in [3.8, 4) is 0 Å². The van der Waals surface area contributed by atoms with Crippen molar-refractivity contribution in [2.45, 2.75) is 20.8 Å². The molecule has 1 heterocycles. The van der Waals surface area contributed by atoms with Gasteiger partial charge in [0.2, 0.25) is 0 Å². The van der Waals surface area contributed by atoms with Crippen LogP contribution in [0.5, 0.6) is 0 Å². The van der Waals surface area contributed by atoms with Gasteiger partial charge in [-0.2, -0.15) is 0 Å². The van der Waals surface area contributed by atoms with Crippen LogP contribution in [-0.2, 0) is 0 Å². The van der Waals surface area contributed by atoms with Gasteiger partial charge in [-0.3, -0.25) is 9.78 Å². The molecule has 0 bridgehead atoms. The van der Waals surface area contributed by atoms with Gasteiger partial charge in [-0.15, -0.1) is 0 Å². The van der Waals surface area contributed by atoms with E-state index in [9.17, 15) is 4.79 Å². The van der Waals surface area contributed by atoms with E-state index in [1.54, 1.807) is 30.3 Å². The summed E-state index contributed by atoms with van der Waals surface area (Å²) in [5.74, 6) is -0.0197. The van der Waals surface area contributed by atoms with E-state index in [0.29, 0.717) is 5.56 Å². The third-order valence-corrected chi connectivity index (χ3v) is 3.33. The molecule has 0 atom stereocenters. The average Bonchev–Trinajstić information content (AvgIpc) is 2.40. The van der Waals surface area contributed by atoms with Gasteiger partial charge in [-0.1, -0.05) is 6.07 Å². The number of anilines is 1. The monoisotopic (exact) mass is 254 g/mol. The minimum atomic E-state index is -0.0197. The van der Waals surface area contributed by atoms with Crippen molar-refractivity contribution in [2.24, 2.45) is 0 Å². The molecule has 1 aromatic heterocycles. The smallest absolute Gasteiger partial charge is 0.258 e. The van der Waals surface area contributed by atoms with Crippen LogP contribution in [0, 0.1) is 20.8 Å². The summed E-state index contributed by atoms with van der Waals surface area (Å²) in [6, 6.07) is 9.58. The molecule has 0 fully saturated rings. The second-order valence-corrected chi connectivity index (χ2v) is 4.82. The third-order valence-electron chi connectivity index (χ3n) is 3.33. The number of carbonyl (C=O) groups is 1. The zero-order chi connectivity index (χ0) is 14.0. The van der Waals surface area contributed by atoms with Gasteiger partial charge in [0.1, 0.15) is 0 Å². The lowest BCUT2D eigenvalue weighted by molar-refractivity contribution is 0.0993. The summed E-state index contributed by atoms with van der Waals surface area (Å²) in [6.45, 7) is 5.99. The predicted octanol–water partition coefficient (Wildman–Crippen LogP) is 3.28. The van der Waals surface area contributed by atoms with Gasteiger partial charge >= 0.3 is 0 Å². The predicted molar refractivity (Wildman–Crippen MR) is 77.6 cm³/mol. The zero-order valence-electron chi connectivity index (χ0n) is 11.8. The van der Waals surface area contributed by atoms with Crippen molar-refractivity contribution in [2.75, 3.05) is 11.9 Å². The summed E-state index contributed by atoms with van der Waals surface area (Å²) >= 11 is 0. The molecule has 0 spiro atoms. The molecule has 0 aliphatic carbocycles. The van der Waals surface area contributed by atoms with Crippen LogP contribution in [0.1, 0.15) is 27.2 Å². The van der Waals surface area contributed by atoms with Crippen LogP contribution in [0.15, 0.2) is 36.5 Å². The molecule has 2 rings (SSSR count). The fraction of sp³-hybridized carbons (Fsp3) is 0.250. The lowest BCUT2D eigenvalue weighted by atomic mass is 10.1. The highest BCUT2D eigenvalue weighted by molar-refractivity contribution is 6.05. The van der Waals surface area contributed by atoms with Gasteiger partial charge in [0.25, 0.3) is 5.91 Å². The zero-order valence-corrected chi connectivity index (χ0v) is 11.8. The summed E-state index contributed by atoms with van der Waals surface area (Å²) in [6.07, 6.45) is 1.66. The number of rotatable bonds is 2. The number of nitrogens with zero attached hydrogens (tertiary/aromatic N) is 2. The molecule has 0 saturated heterocycles. The minimum absolute atomic E-state index is 0.0197. The summed E-state index contributed by atoms with van der Waals surface area (Å²) in [7, 11) is 1.79. The normalized spacial score (nSPS) is 10.3. The quantitative estimate of drug-likeness (QED) is 0.824. The molecule has 3 nitrogen and oxygen atoms in total. The number of amides is 1. The molecule has 19 heavy (non-hydrogen) atoms. The van der Waals surface area contributed by atoms with Gasteiger partial charge in [0, 0.05) is 30.2 Å². The first-order chi connectivity index (χ1) is 8.99. The van der Waals surface area contributed by atoms with E-state index in [1.165, 1.54) is 11.1 Å². The number of benzene rings is 1. The first-order valence-corrected chi connectivity index (χ1v) is 6.27. The van der Waals surface area contributed by atoms with Crippen LogP contribution in [-0.4, -0.2) is 17.9 Å². The Balaban J connectivity index is 2.30. The summed E-state index contributed by atoms with van der Waals surface area (Å²) in [5.41, 5.74) is 4.82. The number of carbonyl (C=O) groups excluding carboxylic acids is 1. The molecule has 0 radical (unpaired) electrons. The third kappa shape index (κ3) is 2.81. The van der Waals surface area contributed by atoms with E-state index in [2.05, 4.69) is 11.9 Å². The van der Waals surface area contributed by atoms with E-state index in [4.69, 9.17) is 0 Å². The molecule has 0 unspecified atom stereocenters. The van der Waals surface area contributed by atoms with Crippen LogP contribution >= 0.6 is 0 Å². The van der Waals surface area contributed by atoms with Crippen LogP contribution in [0.4, 0.5) is 5.69 Å². The number of aromatic nitrogens is 1. The number of hydrogen-bond donors (Lipinski definition) is 0. The Morgan fingerprint density at radius 2 is 1.79 bits per heavy atom. The summed E-state index contributed by atoms with van der Waals surface area (Å²) < 4.78 is 0. The molecule has 98 valence electrons. The Kier molecular flexibility index (Phi) is 3.65. The van der Waals surface area contributed by atoms with Gasteiger partial charge in [-0.05, 0) is 56.2 Å². The van der Waals surface area contributed by atoms with E-state index < -0.39 is 0 Å². The van der Waals surface area contributed by atoms with Gasteiger partial charge < -0.3 is 4.90 Å². The Morgan fingerprint density at radius 1 is 1.05 bits per heavy atom. The van der Waals surface area contributed by atoms with Crippen LogP contribution < -0.4 is 4.90 Å². The van der Waals surface area contributed by atoms with Crippen molar-refractivity contribution in [1.29, 1.82) is 0 Å². The lowest BCUT2D eigenvalue weighted by Crippen LogP contribution is -2.26. The van der Waals surface area contributed by atoms with E-state index in [1.807, 2.05) is 32.0 Å². The highest BCUT2D eigenvalue weighted by Gasteiger charge is 2.14. The molecule has 0 aliphatic rings. The first-order valence-electron chi connectivity index (χ1n) is 6.27. The van der Waals surface area contributed by atoms with Gasteiger partial charge in [0.05, 0.1) is 0 Å². The van der Waals surface area contributed by atoms with Crippen LogP contribution in [0.3, 0.4) is 0 Å². The first kappa shape index (κ1) is 13.3.